The van der Waals surface area contributed by atoms with Gasteiger partial charge in [-0.15, -0.1) is 10.2 Å². The van der Waals surface area contributed by atoms with Crippen LogP contribution in [-0.2, 0) is 10.0 Å². The van der Waals surface area contributed by atoms with Gasteiger partial charge in [0.2, 0.25) is 15.2 Å². The second-order valence-electron chi connectivity index (χ2n) is 8.43. The van der Waals surface area contributed by atoms with Crippen molar-refractivity contribution in [1.82, 2.24) is 14.5 Å². The minimum atomic E-state index is -3.59. The second kappa shape index (κ2) is 10.8. The van der Waals surface area contributed by atoms with Gasteiger partial charge in [0.05, 0.1) is 4.90 Å². The van der Waals surface area contributed by atoms with Gasteiger partial charge in [-0.3, -0.25) is 10.1 Å². The van der Waals surface area contributed by atoms with Crippen LogP contribution in [0.5, 0.6) is 0 Å². The fourth-order valence-electron chi connectivity index (χ4n) is 3.86. The Hall–Kier alpha value is -2.62. The topological polar surface area (TPSA) is 92.3 Å². The first-order valence-electron chi connectivity index (χ1n) is 11.4. The first kappa shape index (κ1) is 26.0. The van der Waals surface area contributed by atoms with Gasteiger partial charge >= 0.3 is 0 Å². The Labute approximate surface area is 206 Å². The molecule has 0 aliphatic rings. The SMILES string of the molecule is CCCN(CCC)S(=O)(=O)c1ccc(C(=O)Nc2nnc(-c3c(C)c(C)cc(C)c3C)s2)cc1. The van der Waals surface area contributed by atoms with E-state index in [1.54, 1.807) is 0 Å². The van der Waals surface area contributed by atoms with Crippen LogP contribution in [0.4, 0.5) is 5.13 Å². The molecule has 0 bridgehead atoms. The van der Waals surface area contributed by atoms with Crippen molar-refractivity contribution in [3.63, 3.8) is 0 Å². The summed E-state index contributed by atoms with van der Waals surface area (Å²) in [5.74, 6) is -0.362. The van der Waals surface area contributed by atoms with Crippen LogP contribution in [-0.4, -0.2) is 41.9 Å². The zero-order valence-corrected chi connectivity index (χ0v) is 22.2. The molecular formula is C25H32N4O3S2. The van der Waals surface area contributed by atoms with Crippen LogP contribution in [0.25, 0.3) is 10.6 Å². The third kappa shape index (κ3) is 5.37. The van der Waals surface area contributed by atoms with Crippen molar-refractivity contribution >= 4 is 32.4 Å². The van der Waals surface area contributed by atoms with E-state index in [0.717, 1.165) is 34.5 Å². The average molecular weight is 501 g/mol. The Morgan fingerprint density at radius 2 is 1.50 bits per heavy atom. The number of sulfonamides is 1. The Bertz CT molecular complexity index is 1250. The summed E-state index contributed by atoms with van der Waals surface area (Å²) in [4.78, 5) is 13.0. The maximum absolute atomic E-state index is 12.9. The summed E-state index contributed by atoms with van der Waals surface area (Å²) in [6.45, 7) is 13.1. The molecule has 0 aliphatic carbocycles. The summed E-state index contributed by atoms with van der Waals surface area (Å²) >= 11 is 1.32. The highest BCUT2D eigenvalue weighted by Gasteiger charge is 2.23. The maximum Gasteiger partial charge on any atom is 0.257 e. The van der Waals surface area contributed by atoms with Gasteiger partial charge in [0, 0.05) is 24.2 Å². The van der Waals surface area contributed by atoms with E-state index in [-0.39, 0.29) is 10.8 Å². The lowest BCUT2D eigenvalue weighted by molar-refractivity contribution is 0.102. The Morgan fingerprint density at radius 3 is 2.03 bits per heavy atom. The summed E-state index contributed by atoms with van der Waals surface area (Å²) in [6, 6.07) is 8.18. The summed E-state index contributed by atoms with van der Waals surface area (Å²) < 4.78 is 27.4. The van der Waals surface area contributed by atoms with Crippen LogP contribution in [0.3, 0.4) is 0 Å². The van der Waals surface area contributed by atoms with E-state index in [0.29, 0.717) is 23.8 Å². The number of rotatable bonds is 9. The molecule has 34 heavy (non-hydrogen) atoms. The molecular weight excluding hydrogens is 468 g/mol. The van der Waals surface area contributed by atoms with Crippen LogP contribution < -0.4 is 5.32 Å². The van der Waals surface area contributed by atoms with Crippen LogP contribution >= 0.6 is 11.3 Å². The smallest absolute Gasteiger partial charge is 0.257 e. The molecule has 182 valence electrons. The molecule has 9 heteroatoms. The molecule has 3 rings (SSSR count). The number of carbonyl (C=O) groups is 1. The number of benzene rings is 2. The lowest BCUT2D eigenvalue weighted by Gasteiger charge is -2.21. The van der Waals surface area contributed by atoms with Crippen LogP contribution in [0.1, 0.15) is 59.3 Å². The second-order valence-corrected chi connectivity index (χ2v) is 11.3. The number of aromatic nitrogens is 2. The van der Waals surface area contributed by atoms with Gasteiger partial charge in [0.25, 0.3) is 5.91 Å². The first-order valence-corrected chi connectivity index (χ1v) is 13.7. The fourth-order valence-corrected chi connectivity index (χ4v) is 6.38. The van der Waals surface area contributed by atoms with E-state index in [4.69, 9.17) is 0 Å². The molecule has 1 heterocycles. The standard InChI is InChI=1S/C25H32N4O3S2/c1-7-13-29(14-8-2)34(31,32)21-11-9-20(10-12-21)23(30)26-25-28-27-24(33-25)22-18(5)16(3)15-17(4)19(22)6/h9-12,15H,7-8,13-14H2,1-6H3,(H,26,28,30). The van der Waals surface area contributed by atoms with Crippen molar-refractivity contribution in [2.45, 2.75) is 59.3 Å². The molecule has 1 amide bonds. The maximum atomic E-state index is 12.9. The number of hydrogen-bond donors (Lipinski definition) is 1. The van der Waals surface area contributed by atoms with E-state index in [2.05, 4.69) is 49.3 Å². The van der Waals surface area contributed by atoms with Crippen molar-refractivity contribution in [2.75, 3.05) is 18.4 Å². The fraction of sp³-hybridized carbons (Fsp3) is 0.400. The summed E-state index contributed by atoms with van der Waals surface area (Å²) in [5, 5.41) is 12.4. The number of carbonyl (C=O) groups excluding carboxylic acids is 1. The van der Waals surface area contributed by atoms with E-state index in [9.17, 15) is 13.2 Å². The molecule has 0 fully saturated rings. The van der Waals surface area contributed by atoms with Crippen molar-refractivity contribution < 1.29 is 13.2 Å². The molecule has 1 N–H and O–H groups in total. The molecule has 0 spiro atoms. The third-order valence-electron chi connectivity index (χ3n) is 5.93. The highest BCUT2D eigenvalue weighted by atomic mass is 32.2. The zero-order valence-electron chi connectivity index (χ0n) is 20.6. The van der Waals surface area contributed by atoms with Gasteiger partial charge < -0.3 is 0 Å². The molecule has 1 aromatic heterocycles. The van der Waals surface area contributed by atoms with Gasteiger partial charge in [-0.2, -0.15) is 4.31 Å². The normalized spacial score (nSPS) is 11.7. The van der Waals surface area contributed by atoms with E-state index >= 15 is 0 Å². The first-order chi connectivity index (χ1) is 16.1. The molecule has 2 aromatic carbocycles. The number of nitrogens with one attached hydrogen (secondary N) is 1. The van der Waals surface area contributed by atoms with Crippen molar-refractivity contribution in [1.29, 1.82) is 0 Å². The number of aryl methyl sites for hydroxylation is 2. The summed E-state index contributed by atoms with van der Waals surface area (Å²) in [5.41, 5.74) is 6.07. The Kier molecular flexibility index (Phi) is 8.22. The van der Waals surface area contributed by atoms with Crippen LogP contribution in [0.15, 0.2) is 35.2 Å². The molecule has 0 unspecified atom stereocenters. The Balaban J connectivity index is 1.79. The molecule has 0 radical (unpaired) electrons. The van der Waals surface area contributed by atoms with Gasteiger partial charge in [-0.05, 0) is 87.1 Å². The highest BCUT2D eigenvalue weighted by Crippen LogP contribution is 2.34. The van der Waals surface area contributed by atoms with Gasteiger partial charge in [-0.1, -0.05) is 31.3 Å². The monoisotopic (exact) mass is 500 g/mol. The lowest BCUT2D eigenvalue weighted by Crippen LogP contribution is -2.32. The van der Waals surface area contributed by atoms with E-state index in [1.165, 1.54) is 51.0 Å². The Morgan fingerprint density at radius 1 is 0.941 bits per heavy atom. The predicted octanol–water partition coefficient (Wildman–Crippen LogP) is 5.50. The quantitative estimate of drug-likeness (QED) is 0.419. The zero-order chi connectivity index (χ0) is 25.0. The van der Waals surface area contributed by atoms with Crippen LogP contribution in [0.2, 0.25) is 0 Å². The number of anilines is 1. The van der Waals surface area contributed by atoms with Gasteiger partial charge in [-0.25, -0.2) is 8.42 Å². The average Bonchev–Trinajstić information content (AvgIpc) is 3.25. The largest absolute Gasteiger partial charge is 0.296 e. The van der Waals surface area contributed by atoms with Crippen molar-refractivity contribution in [3.05, 3.63) is 58.1 Å². The van der Waals surface area contributed by atoms with Gasteiger partial charge in [0.1, 0.15) is 5.01 Å². The predicted molar refractivity (Wildman–Crippen MR) is 138 cm³/mol. The molecule has 3 aromatic rings. The minimum absolute atomic E-state index is 0.185. The third-order valence-corrected chi connectivity index (χ3v) is 8.69. The van der Waals surface area contributed by atoms with E-state index in [1.807, 2.05) is 13.8 Å². The number of hydrogen-bond acceptors (Lipinski definition) is 6. The van der Waals surface area contributed by atoms with Crippen LogP contribution in [0, 0.1) is 27.7 Å². The molecule has 0 saturated heterocycles. The molecule has 0 saturated carbocycles. The van der Waals surface area contributed by atoms with E-state index < -0.39 is 10.0 Å². The lowest BCUT2D eigenvalue weighted by atomic mass is 9.95. The van der Waals surface area contributed by atoms with Crippen molar-refractivity contribution in [2.24, 2.45) is 0 Å². The minimum Gasteiger partial charge on any atom is -0.296 e. The number of nitrogens with zero attached hydrogens (tertiary/aromatic N) is 3. The highest BCUT2D eigenvalue weighted by molar-refractivity contribution is 7.89. The van der Waals surface area contributed by atoms with Gasteiger partial charge in [0.15, 0.2) is 0 Å². The van der Waals surface area contributed by atoms with Crippen molar-refractivity contribution in [3.8, 4) is 10.6 Å². The summed E-state index contributed by atoms with van der Waals surface area (Å²) in [6.07, 6.45) is 1.48. The number of amides is 1. The molecule has 0 aliphatic heterocycles. The molecule has 7 nitrogen and oxygen atoms in total. The summed E-state index contributed by atoms with van der Waals surface area (Å²) in [7, 11) is -3.59. The molecule has 0 atom stereocenters.